The predicted octanol–water partition coefficient (Wildman–Crippen LogP) is 2.48. The first kappa shape index (κ1) is 18.2. The second kappa shape index (κ2) is 8.64. The van der Waals surface area contributed by atoms with Gasteiger partial charge in [0, 0.05) is 30.1 Å². The highest BCUT2D eigenvalue weighted by molar-refractivity contribution is 6.06. The van der Waals surface area contributed by atoms with Crippen LogP contribution >= 0.6 is 0 Å². The van der Waals surface area contributed by atoms with Gasteiger partial charge in [0.2, 0.25) is 0 Å². The molecule has 1 heterocycles. The lowest BCUT2D eigenvalue weighted by Crippen LogP contribution is -2.29. The zero-order chi connectivity index (χ0) is 17.5. The van der Waals surface area contributed by atoms with Crippen LogP contribution in [0, 0.1) is 0 Å². The number of nitrogens with one attached hydrogen (secondary N) is 1. The van der Waals surface area contributed by atoms with Gasteiger partial charge in [-0.15, -0.1) is 0 Å². The second-order valence-electron chi connectivity index (χ2n) is 6.35. The van der Waals surface area contributed by atoms with Crippen molar-refractivity contribution in [3.05, 3.63) is 46.4 Å². The lowest BCUT2D eigenvalue weighted by Gasteiger charge is -2.14. The molecule has 0 fully saturated rings. The molecule has 0 aliphatic rings. The minimum absolute atomic E-state index is 0.0329. The molecule has 1 aromatic carbocycles. The summed E-state index contributed by atoms with van der Waals surface area (Å²) in [5.74, 6) is -0.110. The fraction of sp³-hybridized carbons (Fsp3) is 0.474. The van der Waals surface area contributed by atoms with Crippen LogP contribution < -0.4 is 10.9 Å². The Labute approximate surface area is 143 Å². The van der Waals surface area contributed by atoms with Gasteiger partial charge >= 0.3 is 0 Å². The molecule has 0 saturated carbocycles. The number of unbranched alkanes of at least 4 members (excludes halogenated alkanes) is 1. The van der Waals surface area contributed by atoms with E-state index in [2.05, 4.69) is 17.1 Å². The van der Waals surface area contributed by atoms with E-state index in [1.54, 1.807) is 16.8 Å². The van der Waals surface area contributed by atoms with Gasteiger partial charge in [-0.1, -0.05) is 31.5 Å². The summed E-state index contributed by atoms with van der Waals surface area (Å²) in [5.41, 5.74) is 0.542. The SMILES string of the molecule is CCCCNC(=O)c1cn(CCCN(C)C)c(=O)c2ccccc12. The Morgan fingerprint density at radius 1 is 1.17 bits per heavy atom. The molecular formula is C19H27N3O2. The molecule has 2 aromatic rings. The highest BCUT2D eigenvalue weighted by Crippen LogP contribution is 2.15. The quantitative estimate of drug-likeness (QED) is 0.757. The number of hydrogen-bond acceptors (Lipinski definition) is 3. The van der Waals surface area contributed by atoms with Crippen molar-refractivity contribution in [2.45, 2.75) is 32.7 Å². The molecule has 0 aliphatic heterocycles. The van der Waals surface area contributed by atoms with Gasteiger partial charge in [0.25, 0.3) is 11.5 Å². The van der Waals surface area contributed by atoms with Crippen LogP contribution in [0.15, 0.2) is 35.3 Å². The van der Waals surface area contributed by atoms with E-state index in [9.17, 15) is 9.59 Å². The van der Waals surface area contributed by atoms with E-state index in [0.717, 1.165) is 31.2 Å². The number of hydrogen-bond donors (Lipinski definition) is 1. The summed E-state index contributed by atoms with van der Waals surface area (Å²) in [5, 5.41) is 4.28. The third kappa shape index (κ3) is 4.45. The summed E-state index contributed by atoms with van der Waals surface area (Å²) in [6.45, 7) is 4.25. The summed E-state index contributed by atoms with van der Waals surface area (Å²) in [6, 6.07) is 7.34. The van der Waals surface area contributed by atoms with Crippen LogP contribution in [-0.2, 0) is 6.54 Å². The number of carbonyl (C=O) groups excluding carboxylic acids is 1. The number of pyridine rings is 1. The standard InChI is InChI=1S/C19H27N3O2/c1-4-5-11-20-18(23)17-14-22(13-8-12-21(2)3)19(24)16-10-7-6-9-15(16)17/h6-7,9-10,14H,4-5,8,11-13H2,1-3H3,(H,20,23). The fourth-order valence-electron chi connectivity index (χ4n) is 2.72. The van der Waals surface area contributed by atoms with Crippen molar-refractivity contribution < 1.29 is 4.79 Å². The van der Waals surface area contributed by atoms with Gasteiger partial charge < -0.3 is 14.8 Å². The first-order chi connectivity index (χ1) is 11.5. The van der Waals surface area contributed by atoms with Crippen molar-refractivity contribution in [1.29, 1.82) is 0 Å². The molecule has 130 valence electrons. The van der Waals surface area contributed by atoms with Crippen LogP contribution in [0.2, 0.25) is 0 Å². The van der Waals surface area contributed by atoms with Gasteiger partial charge in [-0.05, 0) is 39.5 Å². The Hall–Kier alpha value is -2.14. The maximum atomic E-state index is 12.7. The van der Waals surface area contributed by atoms with E-state index in [0.29, 0.717) is 24.0 Å². The Morgan fingerprint density at radius 3 is 2.54 bits per heavy atom. The molecule has 2 rings (SSSR count). The molecule has 0 unspecified atom stereocenters. The Kier molecular flexibility index (Phi) is 6.55. The third-order valence-corrected chi connectivity index (χ3v) is 4.06. The zero-order valence-corrected chi connectivity index (χ0v) is 14.8. The van der Waals surface area contributed by atoms with E-state index in [-0.39, 0.29) is 11.5 Å². The zero-order valence-electron chi connectivity index (χ0n) is 14.8. The minimum Gasteiger partial charge on any atom is -0.352 e. The summed E-state index contributed by atoms with van der Waals surface area (Å²) in [4.78, 5) is 27.3. The molecule has 1 aromatic heterocycles. The molecule has 24 heavy (non-hydrogen) atoms. The van der Waals surface area contributed by atoms with Gasteiger partial charge in [0.1, 0.15) is 0 Å². The molecule has 1 amide bonds. The van der Waals surface area contributed by atoms with Crippen molar-refractivity contribution in [2.24, 2.45) is 0 Å². The van der Waals surface area contributed by atoms with Gasteiger partial charge in [-0.3, -0.25) is 9.59 Å². The smallest absolute Gasteiger partial charge is 0.258 e. The molecule has 0 atom stereocenters. The van der Waals surface area contributed by atoms with Crippen molar-refractivity contribution in [2.75, 3.05) is 27.2 Å². The van der Waals surface area contributed by atoms with E-state index in [1.807, 2.05) is 32.3 Å². The maximum Gasteiger partial charge on any atom is 0.258 e. The highest BCUT2D eigenvalue weighted by atomic mass is 16.2. The number of carbonyl (C=O) groups is 1. The van der Waals surface area contributed by atoms with Crippen molar-refractivity contribution in [1.82, 2.24) is 14.8 Å². The van der Waals surface area contributed by atoms with Gasteiger partial charge in [0.05, 0.1) is 5.56 Å². The summed E-state index contributed by atoms with van der Waals surface area (Å²) < 4.78 is 1.67. The molecule has 0 spiro atoms. The summed E-state index contributed by atoms with van der Waals surface area (Å²) in [7, 11) is 4.02. The molecular weight excluding hydrogens is 302 g/mol. The van der Waals surface area contributed by atoms with E-state index in [4.69, 9.17) is 0 Å². The molecule has 0 aliphatic carbocycles. The average Bonchev–Trinajstić information content (AvgIpc) is 2.57. The van der Waals surface area contributed by atoms with Gasteiger partial charge in [-0.25, -0.2) is 0 Å². The first-order valence-corrected chi connectivity index (χ1v) is 8.59. The van der Waals surface area contributed by atoms with Crippen molar-refractivity contribution in [3.63, 3.8) is 0 Å². The van der Waals surface area contributed by atoms with Gasteiger partial charge in [-0.2, -0.15) is 0 Å². The van der Waals surface area contributed by atoms with E-state index in [1.165, 1.54) is 0 Å². The number of nitrogens with zero attached hydrogens (tertiary/aromatic N) is 2. The van der Waals surface area contributed by atoms with Crippen LogP contribution in [-0.4, -0.2) is 42.6 Å². The molecule has 1 N–H and O–H groups in total. The Bertz CT molecular complexity index is 750. The van der Waals surface area contributed by atoms with Crippen LogP contribution in [0.5, 0.6) is 0 Å². The number of amides is 1. The van der Waals surface area contributed by atoms with Crippen molar-refractivity contribution >= 4 is 16.7 Å². The van der Waals surface area contributed by atoms with Crippen LogP contribution in [0.4, 0.5) is 0 Å². The topological polar surface area (TPSA) is 54.3 Å². The van der Waals surface area contributed by atoms with Crippen LogP contribution in [0.1, 0.15) is 36.5 Å². The van der Waals surface area contributed by atoms with Crippen molar-refractivity contribution in [3.8, 4) is 0 Å². The van der Waals surface area contributed by atoms with Crippen LogP contribution in [0.3, 0.4) is 0 Å². The molecule has 5 heteroatoms. The molecule has 0 radical (unpaired) electrons. The molecule has 5 nitrogen and oxygen atoms in total. The lowest BCUT2D eigenvalue weighted by atomic mass is 10.1. The normalized spacial score (nSPS) is 11.2. The second-order valence-corrected chi connectivity index (χ2v) is 6.35. The lowest BCUT2D eigenvalue weighted by molar-refractivity contribution is 0.0954. The van der Waals surface area contributed by atoms with E-state index >= 15 is 0 Å². The average molecular weight is 329 g/mol. The number of rotatable bonds is 8. The number of aryl methyl sites for hydroxylation is 1. The fourth-order valence-corrected chi connectivity index (χ4v) is 2.72. The largest absolute Gasteiger partial charge is 0.352 e. The van der Waals surface area contributed by atoms with Gasteiger partial charge in [0.15, 0.2) is 0 Å². The highest BCUT2D eigenvalue weighted by Gasteiger charge is 2.14. The number of fused-ring (bicyclic) bond motifs is 1. The monoisotopic (exact) mass is 329 g/mol. The summed E-state index contributed by atoms with van der Waals surface area (Å²) >= 11 is 0. The number of benzene rings is 1. The minimum atomic E-state index is -0.110. The number of aromatic nitrogens is 1. The van der Waals surface area contributed by atoms with Crippen LogP contribution in [0.25, 0.3) is 10.8 Å². The molecule has 0 bridgehead atoms. The third-order valence-electron chi connectivity index (χ3n) is 4.06. The Balaban J connectivity index is 2.36. The molecule has 0 saturated heterocycles. The Morgan fingerprint density at radius 2 is 1.88 bits per heavy atom. The van der Waals surface area contributed by atoms with E-state index < -0.39 is 0 Å². The maximum absolute atomic E-state index is 12.7. The first-order valence-electron chi connectivity index (χ1n) is 8.59. The predicted molar refractivity (Wildman–Crippen MR) is 98.6 cm³/mol. The summed E-state index contributed by atoms with van der Waals surface area (Å²) in [6.07, 6.45) is 4.56.